The van der Waals surface area contributed by atoms with Gasteiger partial charge in [-0.05, 0) is 38.7 Å². The number of amides is 1. The van der Waals surface area contributed by atoms with E-state index in [9.17, 15) is 9.90 Å². The number of piperidine rings is 1. The van der Waals surface area contributed by atoms with E-state index >= 15 is 0 Å². The monoisotopic (exact) mass is 304 g/mol. The summed E-state index contributed by atoms with van der Waals surface area (Å²) in [6.07, 6.45) is 3.39. The van der Waals surface area contributed by atoms with Crippen LogP contribution in [0.5, 0.6) is 0 Å². The second kappa shape index (κ2) is 8.30. The molecule has 1 amide bonds. The van der Waals surface area contributed by atoms with E-state index in [-0.39, 0.29) is 12.5 Å². The molecule has 0 aromatic heterocycles. The summed E-state index contributed by atoms with van der Waals surface area (Å²) in [7, 11) is 0. The highest BCUT2D eigenvalue weighted by atomic mass is 16.3. The first-order chi connectivity index (χ1) is 10.6. The van der Waals surface area contributed by atoms with E-state index in [2.05, 4.69) is 26.0 Å². The Morgan fingerprint density at radius 1 is 1.23 bits per heavy atom. The highest BCUT2D eigenvalue weighted by Crippen LogP contribution is 2.22. The topological polar surface area (TPSA) is 43.8 Å². The van der Waals surface area contributed by atoms with Crippen molar-refractivity contribution in [3.05, 3.63) is 35.9 Å². The van der Waals surface area contributed by atoms with E-state index in [1.54, 1.807) is 0 Å². The van der Waals surface area contributed by atoms with Gasteiger partial charge in [0.05, 0.1) is 13.2 Å². The van der Waals surface area contributed by atoms with Gasteiger partial charge >= 0.3 is 0 Å². The van der Waals surface area contributed by atoms with Gasteiger partial charge in [0.1, 0.15) is 0 Å². The maximum Gasteiger partial charge on any atom is 0.237 e. The number of nitrogens with zero attached hydrogens (tertiary/aromatic N) is 2. The average molecular weight is 304 g/mol. The molecule has 1 aromatic rings. The summed E-state index contributed by atoms with van der Waals surface area (Å²) in [4.78, 5) is 16.8. The molecule has 1 aliphatic heterocycles. The Labute approximate surface area is 133 Å². The van der Waals surface area contributed by atoms with E-state index in [0.29, 0.717) is 31.7 Å². The van der Waals surface area contributed by atoms with Crippen molar-refractivity contribution in [2.45, 2.75) is 51.7 Å². The lowest BCUT2D eigenvalue weighted by Crippen LogP contribution is -2.51. The highest BCUT2D eigenvalue weighted by Gasteiger charge is 2.29. The lowest BCUT2D eigenvalue weighted by molar-refractivity contribution is -0.138. The van der Waals surface area contributed by atoms with E-state index < -0.39 is 0 Å². The number of hydrogen-bond acceptors (Lipinski definition) is 3. The fourth-order valence-electron chi connectivity index (χ4n) is 3.38. The molecule has 0 radical (unpaired) electrons. The van der Waals surface area contributed by atoms with Crippen LogP contribution >= 0.6 is 0 Å². The Morgan fingerprint density at radius 2 is 1.86 bits per heavy atom. The van der Waals surface area contributed by atoms with Crippen LogP contribution in [0.4, 0.5) is 0 Å². The summed E-state index contributed by atoms with van der Waals surface area (Å²) in [5.74, 6) is 0.184. The van der Waals surface area contributed by atoms with Gasteiger partial charge in [-0.2, -0.15) is 0 Å². The molecule has 1 N–H and O–H groups in total. The molecule has 0 spiro atoms. The number of aliphatic hydroxyl groups is 1. The quantitative estimate of drug-likeness (QED) is 0.877. The summed E-state index contributed by atoms with van der Waals surface area (Å²) in [6, 6.07) is 10.8. The zero-order chi connectivity index (χ0) is 15.9. The molecule has 1 fully saturated rings. The van der Waals surface area contributed by atoms with Crippen molar-refractivity contribution in [1.29, 1.82) is 0 Å². The van der Waals surface area contributed by atoms with Crippen molar-refractivity contribution in [2.24, 2.45) is 0 Å². The zero-order valence-electron chi connectivity index (χ0n) is 13.7. The number of carbonyl (C=O) groups is 1. The fourth-order valence-corrected chi connectivity index (χ4v) is 3.38. The first-order valence-corrected chi connectivity index (χ1v) is 8.30. The van der Waals surface area contributed by atoms with Crippen molar-refractivity contribution in [3.8, 4) is 0 Å². The molecule has 2 rings (SSSR count). The molecule has 22 heavy (non-hydrogen) atoms. The Morgan fingerprint density at radius 3 is 2.45 bits per heavy atom. The second-order valence-corrected chi connectivity index (χ2v) is 6.35. The molecule has 4 heteroatoms. The lowest BCUT2D eigenvalue weighted by atomic mass is 9.97. The third-order valence-electron chi connectivity index (χ3n) is 4.51. The second-order valence-electron chi connectivity index (χ2n) is 6.35. The molecule has 122 valence electrons. The van der Waals surface area contributed by atoms with Crippen LogP contribution in [0.15, 0.2) is 30.3 Å². The smallest absolute Gasteiger partial charge is 0.237 e. The summed E-state index contributed by atoms with van der Waals surface area (Å²) in [5, 5.41) is 9.28. The van der Waals surface area contributed by atoms with Crippen LogP contribution in [-0.4, -0.2) is 52.6 Å². The Hall–Kier alpha value is -1.39. The molecule has 1 saturated heterocycles. The van der Waals surface area contributed by atoms with Crippen LogP contribution in [-0.2, 0) is 11.3 Å². The molecular weight excluding hydrogens is 276 g/mol. The molecule has 1 aromatic carbocycles. The van der Waals surface area contributed by atoms with Crippen molar-refractivity contribution >= 4 is 5.91 Å². The largest absolute Gasteiger partial charge is 0.395 e. The van der Waals surface area contributed by atoms with Crippen molar-refractivity contribution < 1.29 is 9.90 Å². The van der Waals surface area contributed by atoms with Crippen molar-refractivity contribution in [1.82, 2.24) is 9.80 Å². The van der Waals surface area contributed by atoms with Gasteiger partial charge in [-0.15, -0.1) is 0 Å². The summed E-state index contributed by atoms with van der Waals surface area (Å²) >= 11 is 0. The van der Waals surface area contributed by atoms with Gasteiger partial charge < -0.3 is 10.0 Å². The summed E-state index contributed by atoms with van der Waals surface area (Å²) in [5.41, 5.74) is 1.17. The first kappa shape index (κ1) is 17.0. The number of aliphatic hydroxyl groups excluding tert-OH is 1. The number of benzene rings is 1. The predicted octanol–water partition coefficient (Wildman–Crippen LogP) is 2.27. The highest BCUT2D eigenvalue weighted by molar-refractivity contribution is 5.79. The van der Waals surface area contributed by atoms with E-state index in [4.69, 9.17) is 0 Å². The van der Waals surface area contributed by atoms with Crippen LogP contribution in [0.3, 0.4) is 0 Å². The minimum atomic E-state index is 0.0746. The molecule has 0 bridgehead atoms. The van der Waals surface area contributed by atoms with Gasteiger partial charge in [0.25, 0.3) is 0 Å². The molecular formula is C18H28N2O2. The van der Waals surface area contributed by atoms with Gasteiger partial charge in [-0.3, -0.25) is 9.69 Å². The van der Waals surface area contributed by atoms with Crippen LogP contribution in [0.25, 0.3) is 0 Å². The number of hydrogen-bond donors (Lipinski definition) is 1. The van der Waals surface area contributed by atoms with E-state index in [1.165, 1.54) is 12.0 Å². The number of carbonyl (C=O) groups excluding carboxylic acids is 1. The minimum absolute atomic E-state index is 0.0746. The van der Waals surface area contributed by atoms with E-state index in [0.717, 1.165) is 12.8 Å². The fraction of sp³-hybridized carbons (Fsp3) is 0.611. The summed E-state index contributed by atoms with van der Waals surface area (Å²) < 4.78 is 0. The van der Waals surface area contributed by atoms with Crippen LogP contribution < -0.4 is 0 Å². The molecule has 2 atom stereocenters. The Bertz CT molecular complexity index is 453. The van der Waals surface area contributed by atoms with Gasteiger partial charge in [0, 0.05) is 25.2 Å². The molecule has 1 aliphatic rings. The minimum Gasteiger partial charge on any atom is -0.395 e. The molecule has 1 heterocycles. The maximum absolute atomic E-state index is 12.7. The van der Waals surface area contributed by atoms with Gasteiger partial charge in [-0.1, -0.05) is 30.3 Å². The lowest BCUT2D eigenvalue weighted by Gasteiger charge is -2.40. The third-order valence-corrected chi connectivity index (χ3v) is 4.51. The molecule has 2 unspecified atom stereocenters. The number of likely N-dealkylation sites (tertiary alicyclic amines) is 1. The standard InChI is InChI=1S/C18H28N2O2/c1-15-7-6-8-16(2)20(15)18(22)14-19(11-12-21)13-17-9-4-3-5-10-17/h3-5,9-10,15-16,21H,6-8,11-14H2,1-2H3. The Kier molecular flexibility index (Phi) is 6.40. The van der Waals surface area contributed by atoms with Crippen LogP contribution in [0, 0.1) is 0 Å². The molecule has 0 aliphatic carbocycles. The van der Waals surface area contributed by atoms with Crippen molar-refractivity contribution in [2.75, 3.05) is 19.7 Å². The van der Waals surface area contributed by atoms with Gasteiger partial charge in [0.15, 0.2) is 0 Å². The predicted molar refractivity (Wildman–Crippen MR) is 88.4 cm³/mol. The molecule has 4 nitrogen and oxygen atoms in total. The number of rotatable bonds is 6. The normalized spacial score (nSPS) is 22.1. The van der Waals surface area contributed by atoms with Crippen LogP contribution in [0.2, 0.25) is 0 Å². The maximum atomic E-state index is 12.7. The van der Waals surface area contributed by atoms with Crippen LogP contribution in [0.1, 0.15) is 38.7 Å². The van der Waals surface area contributed by atoms with Crippen molar-refractivity contribution in [3.63, 3.8) is 0 Å². The Balaban J connectivity index is 1.98. The van der Waals surface area contributed by atoms with E-state index in [1.807, 2.05) is 28.0 Å². The van der Waals surface area contributed by atoms with Gasteiger partial charge in [-0.25, -0.2) is 0 Å². The average Bonchev–Trinajstić information content (AvgIpc) is 2.48. The first-order valence-electron chi connectivity index (χ1n) is 8.30. The zero-order valence-corrected chi connectivity index (χ0v) is 13.7. The third kappa shape index (κ3) is 4.55. The molecule has 0 saturated carbocycles. The van der Waals surface area contributed by atoms with Gasteiger partial charge in [0.2, 0.25) is 5.91 Å². The SMILES string of the molecule is CC1CCCC(C)N1C(=O)CN(CCO)Cc1ccccc1. The summed E-state index contributed by atoms with van der Waals surface area (Å²) in [6.45, 7) is 5.96.